The van der Waals surface area contributed by atoms with Crippen LogP contribution >= 0.6 is 0 Å². The lowest BCUT2D eigenvalue weighted by atomic mass is 9.77. The molecule has 0 aliphatic carbocycles. The van der Waals surface area contributed by atoms with Gasteiger partial charge in [-0.15, -0.1) is 0 Å². The lowest BCUT2D eigenvalue weighted by Crippen LogP contribution is -2.46. The summed E-state index contributed by atoms with van der Waals surface area (Å²) >= 11 is 0. The monoisotopic (exact) mass is 736 g/mol. The minimum atomic E-state index is -1.40. The number of carbonyl (C=O) groups is 2. The smallest absolute Gasteiger partial charge is 0.272 e. The molecular weight excluding hydrogens is 700 g/mol. The molecule has 0 spiro atoms. The molecule has 7 aromatic rings. The number of hydrogen-bond donors (Lipinski definition) is 2. The number of nitrogens with zero attached hydrogens (tertiary/aromatic N) is 4. The lowest BCUT2D eigenvalue weighted by Gasteiger charge is -2.37. The molecule has 0 bridgehead atoms. The number of aromatic nitrogens is 2. The first kappa shape index (κ1) is 35.6. The average molecular weight is 737 g/mol. The van der Waals surface area contributed by atoms with Gasteiger partial charge in [-0.3, -0.25) is 9.59 Å². The molecule has 3 N–H and O–H groups in total. The van der Waals surface area contributed by atoms with Crippen molar-refractivity contribution in [1.29, 1.82) is 0 Å². The van der Waals surface area contributed by atoms with Gasteiger partial charge >= 0.3 is 0 Å². The average Bonchev–Trinajstić information content (AvgIpc) is 3.67. The molecule has 2 amide bonds. The highest BCUT2D eigenvalue weighted by atomic mass is 19.1. The number of benzodiazepines with no additional fused rings is 1. The number of nitrogens with two attached hydrogens (primary N) is 1. The Hall–Kier alpha value is -7.39. The highest BCUT2D eigenvalue weighted by Crippen LogP contribution is 2.41. The van der Waals surface area contributed by atoms with E-state index in [2.05, 4.69) is 46.3 Å². The van der Waals surface area contributed by atoms with Crippen LogP contribution in [-0.2, 0) is 21.7 Å². The topological polar surface area (TPSA) is 106 Å². The SMILES string of the molecule is Nc1ccccc1C=CC(=O)N[C@H]1N=C(c2ccccc2F)c2ccccc2N(Cc2cn(C(c3ccccc3)(c3ccccc3)c3ccccc3)cn2)C1=O. The Balaban J connectivity index is 1.22. The summed E-state index contributed by atoms with van der Waals surface area (Å²) in [7, 11) is 0. The van der Waals surface area contributed by atoms with E-state index in [9.17, 15) is 9.59 Å². The first-order valence-corrected chi connectivity index (χ1v) is 18.2. The minimum absolute atomic E-state index is 0.0279. The first-order chi connectivity index (χ1) is 27.4. The molecule has 1 atom stereocenters. The molecule has 1 aliphatic rings. The second kappa shape index (κ2) is 15.5. The number of aliphatic imine (C=N–C) groups is 1. The zero-order valence-corrected chi connectivity index (χ0v) is 30.2. The van der Waals surface area contributed by atoms with Crippen molar-refractivity contribution in [2.75, 3.05) is 10.6 Å². The molecule has 9 heteroatoms. The Bertz CT molecular complexity index is 2470. The number of nitrogen functional groups attached to an aromatic ring is 1. The Kier molecular flexibility index (Phi) is 9.88. The van der Waals surface area contributed by atoms with Gasteiger partial charge in [0, 0.05) is 29.1 Å². The van der Waals surface area contributed by atoms with E-state index in [1.54, 1.807) is 65.8 Å². The number of halogens is 1. The minimum Gasteiger partial charge on any atom is -0.398 e. The van der Waals surface area contributed by atoms with Gasteiger partial charge in [-0.05, 0) is 52.6 Å². The van der Waals surface area contributed by atoms with Gasteiger partial charge in [0.25, 0.3) is 5.91 Å². The van der Waals surface area contributed by atoms with E-state index in [4.69, 9.17) is 15.7 Å². The molecular formula is C47H37FN6O2. The molecule has 6 aromatic carbocycles. The van der Waals surface area contributed by atoms with E-state index in [1.807, 2.05) is 79.0 Å². The van der Waals surface area contributed by atoms with Crippen molar-refractivity contribution in [1.82, 2.24) is 14.9 Å². The van der Waals surface area contributed by atoms with Gasteiger partial charge < -0.3 is 20.5 Å². The van der Waals surface area contributed by atoms with Crippen LogP contribution in [0.15, 0.2) is 187 Å². The third kappa shape index (κ3) is 6.78. The summed E-state index contributed by atoms with van der Waals surface area (Å²) in [4.78, 5) is 39.4. The zero-order valence-electron chi connectivity index (χ0n) is 30.2. The zero-order chi connectivity index (χ0) is 38.5. The van der Waals surface area contributed by atoms with Crippen molar-refractivity contribution in [2.45, 2.75) is 18.2 Å². The van der Waals surface area contributed by atoms with Crippen molar-refractivity contribution in [3.8, 4) is 0 Å². The van der Waals surface area contributed by atoms with Crippen molar-refractivity contribution in [3.05, 3.63) is 227 Å². The molecule has 0 unspecified atom stereocenters. The number of benzene rings is 6. The van der Waals surface area contributed by atoms with Crippen molar-refractivity contribution in [3.63, 3.8) is 0 Å². The van der Waals surface area contributed by atoms with Crippen LogP contribution in [0.3, 0.4) is 0 Å². The molecule has 0 radical (unpaired) electrons. The van der Waals surface area contributed by atoms with Crippen LogP contribution in [-0.4, -0.2) is 33.2 Å². The molecule has 8 rings (SSSR count). The number of nitrogens with one attached hydrogen (secondary N) is 1. The van der Waals surface area contributed by atoms with E-state index in [1.165, 1.54) is 12.1 Å². The number of imidazole rings is 1. The predicted molar refractivity (Wildman–Crippen MR) is 218 cm³/mol. The molecule has 56 heavy (non-hydrogen) atoms. The summed E-state index contributed by atoms with van der Waals surface area (Å²) in [6.07, 6.45) is 5.22. The lowest BCUT2D eigenvalue weighted by molar-refractivity contribution is -0.125. The van der Waals surface area contributed by atoms with E-state index in [0.29, 0.717) is 28.2 Å². The van der Waals surface area contributed by atoms with Crippen LogP contribution in [0.5, 0.6) is 0 Å². The van der Waals surface area contributed by atoms with Crippen molar-refractivity contribution < 1.29 is 14.0 Å². The second-order valence-corrected chi connectivity index (χ2v) is 13.4. The van der Waals surface area contributed by atoms with Crippen LogP contribution in [0, 0.1) is 5.82 Å². The van der Waals surface area contributed by atoms with Gasteiger partial charge in [-0.25, -0.2) is 14.4 Å². The largest absolute Gasteiger partial charge is 0.398 e. The molecule has 2 heterocycles. The Morgan fingerprint density at radius 2 is 1.29 bits per heavy atom. The van der Waals surface area contributed by atoms with Crippen LogP contribution < -0.4 is 16.0 Å². The number of carbonyl (C=O) groups excluding carboxylic acids is 2. The Morgan fingerprint density at radius 1 is 0.732 bits per heavy atom. The molecule has 274 valence electrons. The molecule has 0 fully saturated rings. The van der Waals surface area contributed by atoms with E-state index in [-0.39, 0.29) is 17.8 Å². The number of hydrogen-bond acceptors (Lipinski definition) is 5. The molecule has 1 aliphatic heterocycles. The molecule has 0 saturated carbocycles. The normalized spacial score (nSPS) is 14.2. The third-order valence-electron chi connectivity index (χ3n) is 9.94. The summed E-state index contributed by atoms with van der Waals surface area (Å²) < 4.78 is 17.6. The second-order valence-electron chi connectivity index (χ2n) is 13.4. The summed E-state index contributed by atoms with van der Waals surface area (Å²) in [5.74, 6) is -1.60. The van der Waals surface area contributed by atoms with Gasteiger partial charge in [0.05, 0.1) is 30.0 Å². The number of rotatable bonds is 10. The fourth-order valence-corrected chi connectivity index (χ4v) is 7.34. The maximum Gasteiger partial charge on any atom is 0.272 e. The van der Waals surface area contributed by atoms with Gasteiger partial charge in [-0.1, -0.05) is 140 Å². The number of anilines is 2. The number of amides is 2. The van der Waals surface area contributed by atoms with Crippen LogP contribution in [0.25, 0.3) is 6.08 Å². The van der Waals surface area contributed by atoms with Gasteiger partial charge in [0.1, 0.15) is 11.4 Å². The maximum absolute atomic E-state index is 15.5. The van der Waals surface area contributed by atoms with Crippen molar-refractivity contribution >= 4 is 35.0 Å². The maximum atomic E-state index is 15.5. The van der Waals surface area contributed by atoms with Gasteiger partial charge in [0.2, 0.25) is 12.1 Å². The highest BCUT2D eigenvalue weighted by molar-refractivity contribution is 6.20. The molecule has 0 saturated heterocycles. The summed E-state index contributed by atoms with van der Waals surface area (Å²) in [6.45, 7) is 0.0279. The van der Waals surface area contributed by atoms with Crippen LogP contribution in [0.1, 0.15) is 39.1 Å². The van der Waals surface area contributed by atoms with Gasteiger partial charge in [-0.2, -0.15) is 0 Å². The fraction of sp³-hybridized carbons (Fsp3) is 0.0638. The van der Waals surface area contributed by atoms with Crippen LogP contribution in [0.4, 0.5) is 15.8 Å². The predicted octanol–water partition coefficient (Wildman–Crippen LogP) is 7.98. The van der Waals surface area contributed by atoms with Gasteiger partial charge in [0.15, 0.2) is 0 Å². The van der Waals surface area contributed by atoms with Crippen LogP contribution in [0.2, 0.25) is 0 Å². The van der Waals surface area contributed by atoms with E-state index >= 15 is 4.39 Å². The third-order valence-corrected chi connectivity index (χ3v) is 9.94. The first-order valence-electron chi connectivity index (χ1n) is 18.2. The number of fused-ring (bicyclic) bond motifs is 1. The number of para-hydroxylation sites is 2. The highest BCUT2D eigenvalue weighted by Gasteiger charge is 2.39. The Morgan fingerprint density at radius 3 is 1.91 bits per heavy atom. The fourth-order valence-electron chi connectivity index (χ4n) is 7.34. The van der Waals surface area contributed by atoms with E-state index in [0.717, 1.165) is 16.7 Å². The summed E-state index contributed by atoms with van der Waals surface area (Å²) in [5.41, 5.74) is 11.5. The Labute approximate surface area is 324 Å². The molecule has 8 nitrogen and oxygen atoms in total. The standard InChI is InChI=1S/C47H37FN6O2/c48-40-25-13-11-23-38(40)44-39-24-12-15-27-42(39)54(46(56)45(52-44)51-43(55)29-28-33-16-10-14-26-41(33)49)31-37-30-53(32-50-37)47(34-17-4-1-5-18-34,35-19-6-2-7-20-35)36-21-8-3-9-22-36/h1-30,32,45H,31,49H2,(H,51,55)/t45-/m0/s1. The quantitative estimate of drug-likeness (QED) is 0.0844. The summed E-state index contributed by atoms with van der Waals surface area (Å²) in [6, 6.07) is 51.3. The van der Waals surface area contributed by atoms with E-state index < -0.39 is 29.3 Å². The summed E-state index contributed by atoms with van der Waals surface area (Å²) in [5, 5.41) is 2.77. The molecule has 1 aromatic heterocycles. The van der Waals surface area contributed by atoms with Crippen molar-refractivity contribution in [2.24, 2.45) is 4.99 Å².